The molecule has 0 radical (unpaired) electrons. The Hall–Kier alpha value is -0.840. The van der Waals surface area contributed by atoms with Crippen molar-refractivity contribution in [2.75, 3.05) is 7.11 Å². The number of thiophene rings is 1. The maximum Gasteiger partial charge on any atom is 0.123 e. The lowest BCUT2D eigenvalue weighted by atomic mass is 10.2. The van der Waals surface area contributed by atoms with Crippen LogP contribution in [0.1, 0.15) is 23.4 Å². The third-order valence-corrected chi connectivity index (χ3v) is 4.36. The molecule has 0 aliphatic carbocycles. The van der Waals surface area contributed by atoms with Crippen LogP contribution in [0.25, 0.3) is 0 Å². The van der Waals surface area contributed by atoms with E-state index in [1.54, 1.807) is 18.4 Å². The van der Waals surface area contributed by atoms with E-state index < -0.39 is 0 Å². The molecule has 0 saturated carbocycles. The van der Waals surface area contributed by atoms with Gasteiger partial charge in [-0.25, -0.2) is 0 Å². The number of methoxy groups -OCH3 is 1. The van der Waals surface area contributed by atoms with Crippen LogP contribution in [0.5, 0.6) is 5.75 Å². The highest BCUT2D eigenvalue weighted by molar-refractivity contribution is 9.10. The molecule has 1 atom stereocenters. The number of hydrogen-bond acceptors (Lipinski definition) is 3. The average Bonchev–Trinajstić information content (AvgIpc) is 2.90. The van der Waals surface area contributed by atoms with E-state index in [1.807, 2.05) is 12.1 Å². The fraction of sp³-hybridized carbons (Fsp3) is 0.286. The van der Waals surface area contributed by atoms with Gasteiger partial charge in [0.2, 0.25) is 0 Å². The van der Waals surface area contributed by atoms with Gasteiger partial charge in [-0.15, -0.1) is 11.3 Å². The second-order valence-corrected chi connectivity index (χ2v) is 5.97. The zero-order valence-electron chi connectivity index (χ0n) is 10.4. The molecule has 4 heteroatoms. The first-order chi connectivity index (χ1) is 8.70. The molecule has 0 saturated heterocycles. The Labute approximate surface area is 120 Å². The quantitative estimate of drug-likeness (QED) is 0.881. The molecular weight excluding hydrogens is 310 g/mol. The highest BCUT2D eigenvalue weighted by Gasteiger charge is 2.08. The lowest BCUT2D eigenvalue weighted by Gasteiger charge is -2.14. The maximum atomic E-state index is 5.37. The van der Waals surface area contributed by atoms with Gasteiger partial charge < -0.3 is 10.1 Å². The van der Waals surface area contributed by atoms with E-state index in [0.717, 1.165) is 22.3 Å². The summed E-state index contributed by atoms with van der Waals surface area (Å²) < 4.78 is 6.44. The third kappa shape index (κ3) is 3.34. The predicted octanol–water partition coefficient (Wildman–Crippen LogP) is 4.37. The fourth-order valence-electron chi connectivity index (χ4n) is 1.79. The summed E-state index contributed by atoms with van der Waals surface area (Å²) in [6.07, 6.45) is 0. The van der Waals surface area contributed by atoms with E-state index in [2.05, 4.69) is 51.7 Å². The van der Waals surface area contributed by atoms with Crippen molar-refractivity contribution in [3.05, 3.63) is 50.6 Å². The summed E-state index contributed by atoms with van der Waals surface area (Å²) in [6, 6.07) is 10.7. The topological polar surface area (TPSA) is 21.3 Å². The van der Waals surface area contributed by atoms with E-state index >= 15 is 0 Å². The van der Waals surface area contributed by atoms with Crippen LogP contribution in [0.3, 0.4) is 0 Å². The van der Waals surface area contributed by atoms with Crippen molar-refractivity contribution in [2.24, 2.45) is 0 Å². The van der Waals surface area contributed by atoms with Crippen LogP contribution in [0, 0.1) is 0 Å². The predicted molar refractivity (Wildman–Crippen MR) is 80.3 cm³/mol. The maximum absolute atomic E-state index is 5.37. The smallest absolute Gasteiger partial charge is 0.123 e. The molecule has 2 nitrogen and oxygen atoms in total. The van der Waals surface area contributed by atoms with E-state index in [4.69, 9.17) is 4.74 Å². The molecule has 1 aromatic heterocycles. The van der Waals surface area contributed by atoms with Crippen LogP contribution >= 0.6 is 27.3 Å². The Kier molecular flexibility index (Phi) is 4.80. The van der Waals surface area contributed by atoms with Crippen LogP contribution < -0.4 is 10.1 Å². The Bertz CT molecular complexity index is 499. The molecule has 18 heavy (non-hydrogen) atoms. The van der Waals surface area contributed by atoms with Gasteiger partial charge in [0.05, 0.1) is 7.11 Å². The number of ether oxygens (including phenoxy) is 1. The molecular formula is C14H16BrNOS. The van der Waals surface area contributed by atoms with Crippen molar-refractivity contribution in [3.8, 4) is 5.75 Å². The lowest BCUT2D eigenvalue weighted by molar-refractivity contribution is 0.406. The van der Waals surface area contributed by atoms with Gasteiger partial charge in [-0.05, 0) is 36.6 Å². The SMILES string of the molecule is COc1ccc(Br)cc1CNC(C)c1cccs1. The van der Waals surface area contributed by atoms with Crippen molar-refractivity contribution in [3.63, 3.8) is 0 Å². The second kappa shape index (κ2) is 6.36. The molecule has 1 N–H and O–H groups in total. The van der Waals surface area contributed by atoms with E-state index in [-0.39, 0.29) is 0 Å². The molecule has 1 unspecified atom stereocenters. The first kappa shape index (κ1) is 13.6. The van der Waals surface area contributed by atoms with Gasteiger partial charge in [0.25, 0.3) is 0 Å². The van der Waals surface area contributed by atoms with Crippen LogP contribution in [0.4, 0.5) is 0 Å². The zero-order valence-corrected chi connectivity index (χ0v) is 12.8. The first-order valence-corrected chi connectivity index (χ1v) is 7.47. The van der Waals surface area contributed by atoms with Crippen LogP contribution in [-0.4, -0.2) is 7.11 Å². The van der Waals surface area contributed by atoms with E-state index in [1.165, 1.54) is 4.88 Å². The summed E-state index contributed by atoms with van der Waals surface area (Å²) in [5.41, 5.74) is 1.16. The van der Waals surface area contributed by atoms with E-state index in [0.29, 0.717) is 6.04 Å². The van der Waals surface area contributed by atoms with Crippen molar-refractivity contribution in [1.82, 2.24) is 5.32 Å². The molecule has 0 aliphatic rings. The standard InChI is InChI=1S/C14H16BrNOS/c1-10(14-4-3-7-18-14)16-9-11-8-12(15)5-6-13(11)17-2/h3-8,10,16H,9H2,1-2H3. The Morgan fingerprint density at radius 3 is 2.89 bits per heavy atom. The normalized spacial score (nSPS) is 12.4. The van der Waals surface area contributed by atoms with Gasteiger partial charge in [-0.2, -0.15) is 0 Å². The van der Waals surface area contributed by atoms with E-state index in [9.17, 15) is 0 Å². The van der Waals surface area contributed by atoms with Crippen molar-refractivity contribution in [1.29, 1.82) is 0 Å². The van der Waals surface area contributed by atoms with Gasteiger partial charge in [0.1, 0.15) is 5.75 Å². The zero-order chi connectivity index (χ0) is 13.0. The summed E-state index contributed by atoms with van der Waals surface area (Å²) >= 11 is 5.27. The monoisotopic (exact) mass is 325 g/mol. The highest BCUT2D eigenvalue weighted by Crippen LogP contribution is 2.24. The second-order valence-electron chi connectivity index (χ2n) is 4.07. The number of benzene rings is 1. The molecule has 1 heterocycles. The minimum Gasteiger partial charge on any atom is -0.496 e. The Morgan fingerprint density at radius 1 is 1.39 bits per heavy atom. The van der Waals surface area contributed by atoms with Crippen molar-refractivity contribution in [2.45, 2.75) is 19.5 Å². The minimum atomic E-state index is 0.355. The van der Waals surface area contributed by atoms with Crippen molar-refractivity contribution < 1.29 is 4.74 Å². The molecule has 0 amide bonds. The summed E-state index contributed by atoms with van der Waals surface area (Å²) in [7, 11) is 1.70. The number of halogens is 1. The third-order valence-electron chi connectivity index (χ3n) is 2.81. The largest absolute Gasteiger partial charge is 0.496 e. The fourth-order valence-corrected chi connectivity index (χ4v) is 2.95. The van der Waals surface area contributed by atoms with Crippen LogP contribution in [-0.2, 0) is 6.54 Å². The molecule has 0 spiro atoms. The molecule has 96 valence electrons. The summed E-state index contributed by atoms with van der Waals surface area (Å²) in [5, 5.41) is 5.62. The molecule has 2 rings (SSSR count). The average molecular weight is 326 g/mol. The van der Waals surface area contributed by atoms with Crippen molar-refractivity contribution >= 4 is 27.3 Å². The van der Waals surface area contributed by atoms with Gasteiger partial charge in [-0.1, -0.05) is 22.0 Å². The van der Waals surface area contributed by atoms with Gasteiger partial charge in [-0.3, -0.25) is 0 Å². The van der Waals surface area contributed by atoms with Crippen LogP contribution in [0.2, 0.25) is 0 Å². The van der Waals surface area contributed by atoms with Gasteiger partial charge in [0, 0.05) is 27.5 Å². The lowest BCUT2D eigenvalue weighted by Crippen LogP contribution is -2.17. The molecule has 0 aliphatic heterocycles. The van der Waals surface area contributed by atoms with Gasteiger partial charge >= 0.3 is 0 Å². The minimum absolute atomic E-state index is 0.355. The van der Waals surface area contributed by atoms with Crippen LogP contribution in [0.15, 0.2) is 40.2 Å². The number of nitrogens with one attached hydrogen (secondary N) is 1. The summed E-state index contributed by atoms with van der Waals surface area (Å²) in [5.74, 6) is 0.920. The molecule has 0 bridgehead atoms. The summed E-state index contributed by atoms with van der Waals surface area (Å²) in [4.78, 5) is 1.35. The first-order valence-electron chi connectivity index (χ1n) is 5.80. The number of rotatable bonds is 5. The highest BCUT2D eigenvalue weighted by atomic mass is 79.9. The molecule has 0 fully saturated rings. The number of hydrogen-bond donors (Lipinski definition) is 1. The molecule has 1 aromatic carbocycles. The Balaban J connectivity index is 2.03. The summed E-state index contributed by atoms with van der Waals surface area (Å²) in [6.45, 7) is 2.97. The Morgan fingerprint density at radius 2 is 2.22 bits per heavy atom. The molecule has 2 aromatic rings. The van der Waals surface area contributed by atoms with Gasteiger partial charge in [0.15, 0.2) is 0 Å².